The zero-order chi connectivity index (χ0) is 21.9. The van der Waals surface area contributed by atoms with Gasteiger partial charge in [0.1, 0.15) is 11.5 Å². The first kappa shape index (κ1) is 18.9. The van der Waals surface area contributed by atoms with Crippen molar-refractivity contribution in [2.24, 2.45) is 5.10 Å². The number of para-hydroxylation sites is 1. The summed E-state index contributed by atoms with van der Waals surface area (Å²) < 4.78 is 11.8. The van der Waals surface area contributed by atoms with Crippen molar-refractivity contribution in [2.75, 3.05) is 12.4 Å². The largest absolute Gasteiger partial charge is 0.497 e. The monoisotopic (exact) mass is 425 g/mol. The third-order valence-electron chi connectivity index (χ3n) is 6.61. The lowest BCUT2D eigenvalue weighted by atomic mass is 9.91. The van der Waals surface area contributed by atoms with Crippen LogP contribution in [0, 0.1) is 0 Å². The van der Waals surface area contributed by atoms with Crippen LogP contribution in [0.4, 0.5) is 5.69 Å². The summed E-state index contributed by atoms with van der Waals surface area (Å²) >= 11 is 0. The summed E-state index contributed by atoms with van der Waals surface area (Å²) in [5.74, 6) is 1.32. The van der Waals surface area contributed by atoms with E-state index in [2.05, 4.69) is 24.4 Å². The van der Waals surface area contributed by atoms with E-state index in [-0.39, 0.29) is 11.9 Å². The number of amides is 1. The lowest BCUT2D eigenvalue weighted by Crippen LogP contribution is -2.55. The van der Waals surface area contributed by atoms with Gasteiger partial charge in [-0.1, -0.05) is 31.2 Å². The summed E-state index contributed by atoms with van der Waals surface area (Å²) in [5, 5.41) is 9.90. The Balaban J connectivity index is 1.54. The maximum absolute atomic E-state index is 13.5. The van der Waals surface area contributed by atoms with Gasteiger partial charge in [-0.3, -0.25) is 4.79 Å². The Hall–Kier alpha value is -3.80. The molecule has 3 heterocycles. The van der Waals surface area contributed by atoms with Crippen LogP contribution < -0.4 is 14.8 Å². The number of carbonyl (C=O) groups excluding carboxylic acids is 1. The van der Waals surface area contributed by atoms with Crippen LogP contribution >= 0.6 is 0 Å². The number of fused-ring (bicyclic) bond motifs is 6. The molecule has 32 heavy (non-hydrogen) atoms. The molecule has 0 aromatic heterocycles. The summed E-state index contributed by atoms with van der Waals surface area (Å²) in [4.78, 5) is 13.5. The third kappa shape index (κ3) is 2.52. The standard InChI is InChI=1S/C26H23N3O3/c1-3-16-8-13-21-20(14-16)26(25(30)27-21)29-23(19-6-4-5-7-24(19)32-26)15-22(28-29)17-9-11-18(31-2)12-10-17/h4-14,23H,3,15H2,1-2H3,(H,27,30)/t23-,26+/m1/s1. The SMILES string of the molecule is CCc1ccc2c(c1)[C@]1(Oc3ccccc3[C@H]3CC(c4ccc(OC)cc4)=NN31)C(=O)N2. The van der Waals surface area contributed by atoms with Gasteiger partial charge in [0.25, 0.3) is 5.91 Å². The van der Waals surface area contributed by atoms with Gasteiger partial charge in [0.15, 0.2) is 0 Å². The summed E-state index contributed by atoms with van der Waals surface area (Å²) in [6, 6.07) is 21.8. The quantitative estimate of drug-likeness (QED) is 0.666. The van der Waals surface area contributed by atoms with Crippen LogP contribution in [0.3, 0.4) is 0 Å². The van der Waals surface area contributed by atoms with Crippen molar-refractivity contribution in [1.82, 2.24) is 5.01 Å². The van der Waals surface area contributed by atoms with E-state index < -0.39 is 5.72 Å². The van der Waals surface area contributed by atoms with Crippen molar-refractivity contribution in [3.05, 3.63) is 89.0 Å². The highest BCUT2D eigenvalue weighted by Gasteiger charge is 2.60. The molecule has 3 aliphatic rings. The lowest BCUT2D eigenvalue weighted by Gasteiger charge is -2.44. The molecule has 160 valence electrons. The second-order valence-electron chi connectivity index (χ2n) is 8.31. The zero-order valence-electron chi connectivity index (χ0n) is 18.0. The highest BCUT2D eigenvalue weighted by Crippen LogP contribution is 2.54. The Bertz CT molecular complexity index is 1270. The number of hydrogen-bond donors (Lipinski definition) is 1. The highest BCUT2D eigenvalue weighted by molar-refractivity contribution is 6.07. The number of ether oxygens (including phenoxy) is 2. The number of carbonyl (C=O) groups is 1. The minimum atomic E-state index is -1.33. The fraction of sp³-hybridized carbons (Fsp3) is 0.231. The van der Waals surface area contributed by atoms with E-state index in [1.165, 1.54) is 0 Å². The molecule has 6 heteroatoms. The van der Waals surface area contributed by atoms with Crippen LogP contribution in [0.5, 0.6) is 11.5 Å². The van der Waals surface area contributed by atoms with Gasteiger partial charge in [0.05, 0.1) is 30.1 Å². The van der Waals surface area contributed by atoms with Crippen molar-refractivity contribution in [1.29, 1.82) is 0 Å². The molecule has 1 N–H and O–H groups in total. The van der Waals surface area contributed by atoms with Gasteiger partial charge in [-0.05, 0) is 60.0 Å². The smallest absolute Gasteiger partial charge is 0.306 e. The minimum Gasteiger partial charge on any atom is -0.497 e. The number of nitrogens with one attached hydrogen (secondary N) is 1. The number of nitrogens with zero attached hydrogens (tertiary/aromatic N) is 2. The first-order valence-electron chi connectivity index (χ1n) is 10.9. The number of aryl methyl sites for hydroxylation is 1. The Labute approximate surface area is 186 Å². The van der Waals surface area contributed by atoms with Crippen molar-refractivity contribution < 1.29 is 14.3 Å². The van der Waals surface area contributed by atoms with E-state index in [1.54, 1.807) is 7.11 Å². The highest BCUT2D eigenvalue weighted by atomic mass is 16.5. The Morgan fingerprint density at radius 3 is 2.75 bits per heavy atom. The van der Waals surface area contributed by atoms with Gasteiger partial charge in [0.2, 0.25) is 0 Å². The molecule has 0 bridgehead atoms. The van der Waals surface area contributed by atoms with Crippen molar-refractivity contribution in [3.8, 4) is 11.5 Å². The molecule has 2 atom stereocenters. The van der Waals surface area contributed by atoms with Gasteiger partial charge in [0, 0.05) is 12.0 Å². The number of methoxy groups -OCH3 is 1. The summed E-state index contributed by atoms with van der Waals surface area (Å²) in [7, 11) is 1.65. The summed E-state index contributed by atoms with van der Waals surface area (Å²) in [5.41, 5.74) is 4.39. The van der Waals surface area contributed by atoms with Gasteiger partial charge < -0.3 is 14.8 Å². The average Bonchev–Trinajstić information content (AvgIpc) is 3.40. The number of hydrazone groups is 1. The van der Waals surface area contributed by atoms with Gasteiger partial charge >= 0.3 is 5.72 Å². The van der Waals surface area contributed by atoms with Crippen LogP contribution in [0.2, 0.25) is 0 Å². The number of benzene rings is 3. The lowest BCUT2D eigenvalue weighted by molar-refractivity contribution is -0.161. The first-order valence-corrected chi connectivity index (χ1v) is 10.9. The molecule has 1 amide bonds. The molecule has 0 saturated heterocycles. The Morgan fingerprint density at radius 2 is 1.97 bits per heavy atom. The predicted molar refractivity (Wildman–Crippen MR) is 122 cm³/mol. The Morgan fingerprint density at radius 1 is 1.16 bits per heavy atom. The molecule has 3 aromatic rings. The van der Waals surface area contributed by atoms with Crippen molar-refractivity contribution in [2.45, 2.75) is 31.5 Å². The van der Waals surface area contributed by atoms with Crippen molar-refractivity contribution in [3.63, 3.8) is 0 Å². The molecule has 6 nitrogen and oxygen atoms in total. The Kier molecular flexibility index (Phi) is 4.05. The van der Waals surface area contributed by atoms with E-state index in [0.717, 1.165) is 51.6 Å². The average molecular weight is 425 g/mol. The molecular formula is C26H23N3O3. The van der Waals surface area contributed by atoms with E-state index >= 15 is 0 Å². The molecule has 0 unspecified atom stereocenters. The maximum atomic E-state index is 13.5. The normalized spacial score (nSPS) is 22.6. The zero-order valence-corrected chi connectivity index (χ0v) is 18.0. The van der Waals surface area contributed by atoms with Gasteiger partial charge in [-0.2, -0.15) is 5.10 Å². The van der Waals surface area contributed by atoms with Crippen molar-refractivity contribution >= 4 is 17.3 Å². The fourth-order valence-corrected chi connectivity index (χ4v) is 4.91. The number of hydrogen-bond acceptors (Lipinski definition) is 5. The molecule has 1 spiro atoms. The molecule has 6 rings (SSSR count). The summed E-state index contributed by atoms with van der Waals surface area (Å²) in [6.07, 6.45) is 1.56. The van der Waals surface area contributed by atoms with E-state index in [9.17, 15) is 4.79 Å². The summed E-state index contributed by atoms with van der Waals surface area (Å²) in [6.45, 7) is 2.11. The minimum absolute atomic E-state index is 0.0981. The first-order chi connectivity index (χ1) is 15.6. The molecule has 0 fully saturated rings. The molecular weight excluding hydrogens is 402 g/mol. The van der Waals surface area contributed by atoms with Crippen LogP contribution in [0.25, 0.3) is 0 Å². The topological polar surface area (TPSA) is 63.2 Å². The van der Waals surface area contributed by atoms with Gasteiger partial charge in [-0.25, -0.2) is 5.01 Å². The fourth-order valence-electron chi connectivity index (χ4n) is 4.91. The van der Waals surface area contributed by atoms with E-state index in [4.69, 9.17) is 14.6 Å². The van der Waals surface area contributed by atoms with Crippen LogP contribution in [0.1, 0.15) is 41.6 Å². The van der Waals surface area contributed by atoms with Gasteiger partial charge in [-0.15, -0.1) is 0 Å². The second-order valence-corrected chi connectivity index (χ2v) is 8.31. The molecule has 3 aliphatic heterocycles. The third-order valence-corrected chi connectivity index (χ3v) is 6.61. The number of anilines is 1. The van der Waals surface area contributed by atoms with Crippen LogP contribution in [0.15, 0.2) is 71.8 Å². The maximum Gasteiger partial charge on any atom is 0.306 e. The van der Waals surface area contributed by atoms with Crippen LogP contribution in [-0.4, -0.2) is 23.7 Å². The van der Waals surface area contributed by atoms with Crippen LogP contribution in [-0.2, 0) is 16.9 Å². The van der Waals surface area contributed by atoms with E-state index in [1.807, 2.05) is 59.6 Å². The molecule has 3 aromatic carbocycles. The molecule has 0 saturated carbocycles. The predicted octanol–water partition coefficient (Wildman–Crippen LogP) is 4.61. The second kappa shape index (κ2) is 6.85. The van der Waals surface area contributed by atoms with E-state index in [0.29, 0.717) is 6.42 Å². The number of rotatable bonds is 3. The molecule has 0 radical (unpaired) electrons. The molecule has 0 aliphatic carbocycles.